The van der Waals surface area contributed by atoms with Crippen LogP contribution in [0, 0.1) is 5.92 Å². The molecule has 0 radical (unpaired) electrons. The van der Waals surface area contributed by atoms with Gasteiger partial charge in [0, 0.05) is 0 Å². The lowest BCUT2D eigenvalue weighted by molar-refractivity contribution is -0.140. The van der Waals surface area contributed by atoms with Crippen LogP contribution in [0.5, 0.6) is 0 Å². The van der Waals surface area contributed by atoms with Crippen molar-refractivity contribution in [2.45, 2.75) is 37.9 Å². The Hall–Kier alpha value is -0.350. The second-order valence-corrected chi connectivity index (χ2v) is 4.41. The highest BCUT2D eigenvalue weighted by Gasteiger charge is 2.36. The van der Waals surface area contributed by atoms with Crippen LogP contribution in [-0.2, 0) is 4.79 Å². The molecule has 2 aliphatic rings. The van der Waals surface area contributed by atoms with Gasteiger partial charge in [-0.2, -0.15) is 0 Å². The van der Waals surface area contributed by atoms with E-state index in [-0.39, 0.29) is 37.4 Å². The van der Waals surface area contributed by atoms with E-state index >= 15 is 0 Å². The first-order valence-corrected chi connectivity index (χ1v) is 5.37. The molecule has 5 heteroatoms. The van der Waals surface area contributed by atoms with E-state index in [0.29, 0.717) is 5.92 Å². The van der Waals surface area contributed by atoms with E-state index < -0.39 is 6.17 Å². The molecule has 0 aromatic rings. The molecule has 0 spiro atoms. The van der Waals surface area contributed by atoms with Gasteiger partial charge in [0.2, 0.25) is 5.91 Å². The zero-order valence-corrected chi connectivity index (χ0v) is 9.51. The van der Waals surface area contributed by atoms with E-state index in [2.05, 4.69) is 0 Å². The van der Waals surface area contributed by atoms with Gasteiger partial charge in [-0.3, -0.25) is 4.79 Å². The fourth-order valence-electron chi connectivity index (χ4n) is 2.33. The number of hydrogen-bond donors (Lipinski definition) is 1. The average molecular weight is 237 g/mol. The summed E-state index contributed by atoms with van der Waals surface area (Å²) in [5.41, 5.74) is 5.86. The van der Waals surface area contributed by atoms with Crippen LogP contribution in [0.4, 0.5) is 4.39 Å². The van der Waals surface area contributed by atoms with Crippen molar-refractivity contribution in [3.63, 3.8) is 0 Å². The number of hydrogen-bond acceptors (Lipinski definition) is 2. The molecule has 0 bridgehead atoms. The first-order valence-electron chi connectivity index (χ1n) is 5.37. The van der Waals surface area contributed by atoms with Crippen molar-refractivity contribution >= 4 is 18.3 Å². The minimum absolute atomic E-state index is 0. The predicted octanol–water partition coefficient (Wildman–Crippen LogP) is 1.11. The van der Waals surface area contributed by atoms with E-state index in [1.165, 1.54) is 17.7 Å². The summed E-state index contributed by atoms with van der Waals surface area (Å²) in [5, 5.41) is 0. The van der Waals surface area contributed by atoms with Gasteiger partial charge >= 0.3 is 0 Å². The molecule has 2 fully saturated rings. The van der Waals surface area contributed by atoms with Crippen LogP contribution in [-0.4, -0.2) is 36.1 Å². The first kappa shape index (κ1) is 12.7. The van der Waals surface area contributed by atoms with Crippen LogP contribution in [0.25, 0.3) is 0 Å². The van der Waals surface area contributed by atoms with Crippen molar-refractivity contribution in [3.8, 4) is 0 Å². The summed E-state index contributed by atoms with van der Waals surface area (Å²) in [6, 6.07) is -0.384. The van der Waals surface area contributed by atoms with Gasteiger partial charge in [0.15, 0.2) is 0 Å². The SMILES string of the molecule is Cl.NC(C(=O)N1CC(F)C1)C1CCCC1. The van der Waals surface area contributed by atoms with Gasteiger partial charge in [-0.05, 0) is 18.8 Å². The Bertz CT molecular complexity index is 227. The van der Waals surface area contributed by atoms with Gasteiger partial charge in [-0.25, -0.2) is 4.39 Å². The van der Waals surface area contributed by atoms with Crippen LogP contribution in [0.1, 0.15) is 25.7 Å². The minimum Gasteiger partial charge on any atom is -0.335 e. The summed E-state index contributed by atoms with van der Waals surface area (Å²) in [4.78, 5) is 13.2. The van der Waals surface area contributed by atoms with Crippen LogP contribution in [0.3, 0.4) is 0 Å². The number of halogens is 2. The van der Waals surface area contributed by atoms with Gasteiger partial charge in [0.25, 0.3) is 0 Å². The molecule has 3 nitrogen and oxygen atoms in total. The van der Waals surface area contributed by atoms with Gasteiger partial charge in [0.05, 0.1) is 19.1 Å². The largest absolute Gasteiger partial charge is 0.335 e. The Labute approximate surface area is 95.6 Å². The Morgan fingerprint density at radius 3 is 2.33 bits per heavy atom. The molecule has 1 aliphatic heterocycles. The third-order valence-corrected chi connectivity index (χ3v) is 3.34. The zero-order chi connectivity index (χ0) is 10.1. The molecular formula is C10H18ClFN2O. The molecular weight excluding hydrogens is 219 g/mol. The van der Waals surface area contributed by atoms with Gasteiger partial charge in [-0.15, -0.1) is 12.4 Å². The van der Waals surface area contributed by atoms with Crippen molar-refractivity contribution in [3.05, 3.63) is 0 Å². The highest BCUT2D eigenvalue weighted by molar-refractivity contribution is 5.85. The van der Waals surface area contributed by atoms with Crippen molar-refractivity contribution in [2.24, 2.45) is 11.7 Å². The van der Waals surface area contributed by atoms with Crippen molar-refractivity contribution in [2.75, 3.05) is 13.1 Å². The van der Waals surface area contributed by atoms with E-state index in [0.717, 1.165) is 12.8 Å². The highest BCUT2D eigenvalue weighted by atomic mass is 35.5. The second kappa shape index (κ2) is 5.12. The van der Waals surface area contributed by atoms with Gasteiger partial charge in [-0.1, -0.05) is 12.8 Å². The van der Waals surface area contributed by atoms with E-state index in [4.69, 9.17) is 5.73 Å². The average Bonchev–Trinajstić information content (AvgIpc) is 2.63. The van der Waals surface area contributed by atoms with E-state index in [9.17, 15) is 9.18 Å². The maximum atomic E-state index is 12.5. The number of nitrogens with zero attached hydrogens (tertiary/aromatic N) is 1. The Morgan fingerprint density at radius 2 is 1.87 bits per heavy atom. The summed E-state index contributed by atoms with van der Waals surface area (Å²) >= 11 is 0. The molecule has 0 aromatic heterocycles. The van der Waals surface area contributed by atoms with Crippen molar-refractivity contribution < 1.29 is 9.18 Å². The van der Waals surface area contributed by atoms with Crippen LogP contribution < -0.4 is 5.73 Å². The summed E-state index contributed by atoms with van der Waals surface area (Å²) < 4.78 is 12.5. The monoisotopic (exact) mass is 236 g/mol. The molecule has 1 amide bonds. The maximum Gasteiger partial charge on any atom is 0.239 e. The van der Waals surface area contributed by atoms with Crippen molar-refractivity contribution in [1.82, 2.24) is 4.90 Å². The quantitative estimate of drug-likeness (QED) is 0.781. The lowest BCUT2D eigenvalue weighted by Gasteiger charge is -2.37. The molecule has 88 valence electrons. The molecule has 0 aromatic carbocycles. The van der Waals surface area contributed by atoms with Crippen LogP contribution in [0.15, 0.2) is 0 Å². The molecule has 1 unspecified atom stereocenters. The number of rotatable bonds is 2. The third-order valence-electron chi connectivity index (χ3n) is 3.34. The topological polar surface area (TPSA) is 46.3 Å². The fraction of sp³-hybridized carbons (Fsp3) is 0.900. The molecule has 1 heterocycles. The standard InChI is InChI=1S/C10H17FN2O.ClH/c11-8-5-13(6-8)10(14)9(12)7-3-1-2-4-7;/h7-9H,1-6,12H2;1H. The predicted molar refractivity (Wildman–Crippen MR) is 58.7 cm³/mol. The number of carbonyl (C=O) groups excluding carboxylic acids is 1. The van der Waals surface area contributed by atoms with Crippen LogP contribution in [0.2, 0.25) is 0 Å². The summed E-state index contributed by atoms with van der Waals surface area (Å²) in [6.07, 6.45) is 3.64. The lowest BCUT2D eigenvalue weighted by atomic mass is 9.96. The molecule has 1 saturated carbocycles. The third kappa shape index (κ3) is 2.61. The van der Waals surface area contributed by atoms with E-state index in [1.807, 2.05) is 0 Å². The number of nitrogens with two attached hydrogens (primary N) is 1. The van der Waals surface area contributed by atoms with Gasteiger partial charge in [0.1, 0.15) is 6.17 Å². The Balaban J connectivity index is 0.00000112. The lowest BCUT2D eigenvalue weighted by Crippen LogP contribution is -2.57. The first-order chi connectivity index (χ1) is 6.68. The van der Waals surface area contributed by atoms with E-state index in [1.54, 1.807) is 0 Å². The van der Waals surface area contributed by atoms with Gasteiger partial charge < -0.3 is 10.6 Å². The Morgan fingerprint density at radius 1 is 1.33 bits per heavy atom. The summed E-state index contributed by atoms with van der Waals surface area (Å²) in [6.45, 7) is 0.499. The number of alkyl halides is 1. The molecule has 1 saturated heterocycles. The summed E-state index contributed by atoms with van der Waals surface area (Å²) in [5.74, 6) is 0.284. The second-order valence-electron chi connectivity index (χ2n) is 4.41. The fourth-order valence-corrected chi connectivity index (χ4v) is 2.33. The zero-order valence-electron chi connectivity index (χ0n) is 8.69. The Kier molecular flexibility index (Phi) is 4.34. The smallest absolute Gasteiger partial charge is 0.239 e. The molecule has 2 rings (SSSR count). The molecule has 2 N–H and O–H groups in total. The normalized spacial score (nSPS) is 24.5. The summed E-state index contributed by atoms with van der Waals surface area (Å²) in [7, 11) is 0. The number of carbonyl (C=O) groups is 1. The molecule has 1 aliphatic carbocycles. The highest BCUT2D eigenvalue weighted by Crippen LogP contribution is 2.28. The molecule has 1 atom stereocenters. The maximum absolute atomic E-state index is 12.5. The van der Waals surface area contributed by atoms with Crippen molar-refractivity contribution in [1.29, 1.82) is 0 Å². The number of amides is 1. The molecule has 15 heavy (non-hydrogen) atoms. The minimum atomic E-state index is -0.824. The van der Waals surface area contributed by atoms with Crippen LogP contribution >= 0.6 is 12.4 Å². The number of likely N-dealkylation sites (tertiary alicyclic amines) is 1.